The van der Waals surface area contributed by atoms with E-state index >= 15 is 0 Å². The van der Waals surface area contributed by atoms with Crippen LogP contribution in [0.5, 0.6) is 11.5 Å². The normalized spacial score (nSPS) is 8.26. The van der Waals surface area contributed by atoms with E-state index in [0.29, 0.717) is 5.75 Å². The number of hydrogen-bond donors (Lipinski definition) is 0. The second-order valence-electron chi connectivity index (χ2n) is 4.94. The van der Waals surface area contributed by atoms with E-state index in [1.165, 1.54) is 49.4 Å². The first-order valence-electron chi connectivity index (χ1n) is 8.60. The molecule has 11 heteroatoms. The van der Waals surface area contributed by atoms with E-state index in [1.807, 2.05) is 0 Å². The Bertz CT molecular complexity index is 598. The minimum Gasteiger partial charge on any atom is -0.497 e. The number of hydrogen-bond acceptors (Lipinski definition) is 11. The maximum atomic E-state index is 10.7. The fourth-order valence-electron chi connectivity index (χ4n) is 1.05. The highest BCUT2D eigenvalue weighted by Crippen LogP contribution is 2.16. The summed E-state index contributed by atoms with van der Waals surface area (Å²) in [4.78, 5) is 40.0. The van der Waals surface area contributed by atoms with Crippen molar-refractivity contribution in [3.8, 4) is 11.5 Å². The quantitative estimate of drug-likeness (QED) is 0.462. The molecule has 1 aromatic rings. The number of benzene rings is 1. The molecule has 0 N–H and O–H groups in total. The van der Waals surface area contributed by atoms with Crippen LogP contribution in [-0.2, 0) is 42.9 Å². The predicted molar refractivity (Wildman–Crippen MR) is 110 cm³/mol. The Balaban J connectivity index is -0.000000387. The van der Waals surface area contributed by atoms with Gasteiger partial charge in [0.15, 0.2) is 6.61 Å². The van der Waals surface area contributed by atoms with Crippen LogP contribution in [0.15, 0.2) is 24.3 Å². The lowest BCUT2D eigenvalue weighted by Gasteiger charge is -2.05. The third kappa shape index (κ3) is 26.7. The van der Waals surface area contributed by atoms with Gasteiger partial charge in [-0.25, -0.2) is 9.59 Å². The lowest BCUT2D eigenvalue weighted by Crippen LogP contribution is -2.12. The fourth-order valence-corrected chi connectivity index (χ4v) is 1.05. The molecule has 1 aromatic carbocycles. The molecule has 1 rings (SSSR count). The van der Waals surface area contributed by atoms with Gasteiger partial charge in [0.25, 0.3) is 0 Å². The summed E-state index contributed by atoms with van der Waals surface area (Å²) in [6.07, 6.45) is 0. The molecule has 0 saturated carbocycles. The fraction of sp³-hybridized carbons (Fsp3) is 0.500. The van der Waals surface area contributed by atoms with E-state index in [9.17, 15) is 19.2 Å². The van der Waals surface area contributed by atoms with Crippen LogP contribution in [0, 0.1) is 0 Å². The monoisotopic (exact) mass is 448 g/mol. The minimum absolute atomic E-state index is 0.0382. The molecule has 0 saturated heterocycles. The van der Waals surface area contributed by atoms with Crippen LogP contribution in [0.3, 0.4) is 0 Å². The van der Waals surface area contributed by atoms with Gasteiger partial charge in [-0.2, -0.15) is 0 Å². The summed E-state index contributed by atoms with van der Waals surface area (Å²) in [7, 11) is 8.37. The number of rotatable bonds is 6. The summed E-state index contributed by atoms with van der Waals surface area (Å²) in [5.41, 5.74) is 0. The number of esters is 4. The standard InChI is InChI=1S/C10H12O4.C4H8O3.2C3H6O2/c1-12-8-3-5-9(6-4-8)14-7-10(11)13-2;1-6-3-4(5)7-2;2*1-3(4)5-2/h3-6H,7H2,1-2H3;3H2,1-2H3;2*1-2H3. The van der Waals surface area contributed by atoms with Crippen molar-refractivity contribution in [2.24, 2.45) is 0 Å². The van der Waals surface area contributed by atoms with Gasteiger partial charge in [-0.05, 0) is 24.3 Å². The van der Waals surface area contributed by atoms with Gasteiger partial charge in [0.2, 0.25) is 0 Å². The highest BCUT2D eigenvalue weighted by Gasteiger charge is 2.01. The van der Waals surface area contributed by atoms with Crippen molar-refractivity contribution >= 4 is 23.9 Å². The number of carbonyl (C=O) groups excluding carboxylic acids is 4. The van der Waals surface area contributed by atoms with Crippen LogP contribution in [0.1, 0.15) is 13.8 Å². The number of carbonyl (C=O) groups is 4. The Morgan fingerprint density at radius 1 is 0.613 bits per heavy atom. The topological polar surface area (TPSA) is 133 Å². The zero-order chi connectivity index (χ0) is 24.7. The van der Waals surface area contributed by atoms with Crippen LogP contribution in [0.25, 0.3) is 0 Å². The van der Waals surface area contributed by atoms with E-state index in [-0.39, 0.29) is 31.1 Å². The molecular formula is C20H32O11. The van der Waals surface area contributed by atoms with E-state index in [2.05, 4.69) is 23.7 Å². The zero-order valence-corrected chi connectivity index (χ0v) is 19.2. The molecule has 0 radical (unpaired) electrons. The number of methoxy groups -OCH3 is 6. The van der Waals surface area contributed by atoms with Crippen molar-refractivity contribution in [1.29, 1.82) is 0 Å². The van der Waals surface area contributed by atoms with Gasteiger partial charge < -0.3 is 33.2 Å². The Kier molecular flexibility index (Phi) is 23.9. The van der Waals surface area contributed by atoms with Crippen molar-refractivity contribution in [1.82, 2.24) is 0 Å². The maximum absolute atomic E-state index is 10.7. The van der Waals surface area contributed by atoms with Crippen molar-refractivity contribution < 1.29 is 52.3 Å². The molecular weight excluding hydrogens is 416 g/mol. The van der Waals surface area contributed by atoms with Crippen molar-refractivity contribution in [3.63, 3.8) is 0 Å². The van der Waals surface area contributed by atoms with Gasteiger partial charge in [0.05, 0.1) is 35.5 Å². The molecule has 0 aliphatic carbocycles. The van der Waals surface area contributed by atoms with Gasteiger partial charge in [-0.3, -0.25) is 9.59 Å². The second kappa shape index (κ2) is 22.9. The summed E-state index contributed by atoms with van der Waals surface area (Å²) < 4.78 is 31.4. The maximum Gasteiger partial charge on any atom is 0.343 e. The molecule has 11 nitrogen and oxygen atoms in total. The van der Waals surface area contributed by atoms with E-state index < -0.39 is 5.97 Å². The van der Waals surface area contributed by atoms with Crippen molar-refractivity contribution in [2.45, 2.75) is 13.8 Å². The Hall–Kier alpha value is -3.34. The smallest absolute Gasteiger partial charge is 0.343 e. The minimum atomic E-state index is -0.402. The summed E-state index contributed by atoms with van der Waals surface area (Å²) in [6, 6.07) is 6.96. The molecule has 178 valence electrons. The molecule has 0 amide bonds. The van der Waals surface area contributed by atoms with Gasteiger partial charge in [-0.1, -0.05) is 0 Å². The summed E-state index contributed by atoms with van der Waals surface area (Å²) >= 11 is 0. The van der Waals surface area contributed by atoms with E-state index in [4.69, 9.17) is 9.47 Å². The Morgan fingerprint density at radius 3 is 1.23 bits per heavy atom. The molecule has 0 aliphatic heterocycles. The van der Waals surface area contributed by atoms with Crippen molar-refractivity contribution in [2.75, 3.05) is 55.9 Å². The Labute approximate surface area is 182 Å². The molecule has 0 spiro atoms. The average molecular weight is 448 g/mol. The first kappa shape index (κ1) is 32.3. The molecule has 0 atom stereocenters. The lowest BCUT2D eigenvalue weighted by atomic mass is 10.3. The highest BCUT2D eigenvalue weighted by atomic mass is 16.6. The van der Waals surface area contributed by atoms with Crippen LogP contribution >= 0.6 is 0 Å². The largest absolute Gasteiger partial charge is 0.497 e. The lowest BCUT2D eigenvalue weighted by molar-refractivity contribution is -0.145. The molecule has 0 aromatic heterocycles. The molecule has 0 fully saturated rings. The summed E-state index contributed by atoms with van der Waals surface area (Å²) in [6.45, 7) is 2.68. The first-order chi connectivity index (χ1) is 14.6. The van der Waals surface area contributed by atoms with Gasteiger partial charge in [0, 0.05) is 21.0 Å². The second-order valence-corrected chi connectivity index (χ2v) is 4.94. The van der Waals surface area contributed by atoms with E-state index in [1.54, 1.807) is 31.4 Å². The van der Waals surface area contributed by atoms with Crippen LogP contribution < -0.4 is 9.47 Å². The SMILES string of the molecule is COC(=O)COc1ccc(OC)cc1.COC(C)=O.COC(C)=O.COCC(=O)OC. The number of ether oxygens (including phenoxy) is 7. The highest BCUT2D eigenvalue weighted by molar-refractivity contribution is 5.71. The molecule has 31 heavy (non-hydrogen) atoms. The van der Waals surface area contributed by atoms with Crippen LogP contribution in [0.2, 0.25) is 0 Å². The van der Waals surface area contributed by atoms with Gasteiger partial charge >= 0.3 is 23.9 Å². The van der Waals surface area contributed by atoms with E-state index in [0.717, 1.165) is 5.75 Å². The van der Waals surface area contributed by atoms with Crippen molar-refractivity contribution in [3.05, 3.63) is 24.3 Å². The first-order valence-corrected chi connectivity index (χ1v) is 8.60. The molecule has 0 aliphatic rings. The average Bonchev–Trinajstić information content (AvgIpc) is 2.78. The molecule has 0 unspecified atom stereocenters. The Morgan fingerprint density at radius 2 is 0.968 bits per heavy atom. The predicted octanol–water partition coefficient (Wildman–Crippen LogP) is 1.41. The molecule has 0 heterocycles. The summed E-state index contributed by atoms with van der Waals surface area (Å²) in [5, 5.41) is 0. The van der Waals surface area contributed by atoms with Gasteiger partial charge in [-0.15, -0.1) is 0 Å². The van der Waals surface area contributed by atoms with Crippen LogP contribution in [-0.4, -0.2) is 79.7 Å². The zero-order valence-electron chi connectivity index (χ0n) is 19.2. The summed E-state index contributed by atoms with van der Waals surface area (Å²) in [5.74, 6) is 0.116. The van der Waals surface area contributed by atoms with Crippen LogP contribution in [0.4, 0.5) is 0 Å². The third-order valence-electron chi connectivity index (χ3n) is 2.71. The van der Waals surface area contributed by atoms with Gasteiger partial charge in [0.1, 0.15) is 18.1 Å². The molecule has 0 bridgehead atoms. The third-order valence-corrected chi connectivity index (χ3v) is 2.71.